The summed E-state index contributed by atoms with van der Waals surface area (Å²) in [6.07, 6.45) is 14.0. The van der Waals surface area contributed by atoms with Crippen LogP contribution in [0.25, 0.3) is 6.08 Å². The number of anilines is 2. The van der Waals surface area contributed by atoms with E-state index < -0.39 is 0 Å². The number of para-hydroxylation sites is 1. The largest absolute Gasteiger partial charge is 0.366 e. The zero-order valence-electron chi connectivity index (χ0n) is 26.2. The zero-order valence-corrected chi connectivity index (χ0v) is 27.9. The van der Waals surface area contributed by atoms with Gasteiger partial charge < -0.3 is 9.80 Å². The summed E-state index contributed by atoms with van der Waals surface area (Å²) >= 11 is 6.88. The van der Waals surface area contributed by atoms with Crippen molar-refractivity contribution >= 4 is 51.8 Å². The van der Waals surface area contributed by atoms with E-state index in [0.717, 1.165) is 12.8 Å². The van der Waals surface area contributed by atoms with E-state index in [1.165, 1.54) is 73.8 Å². The lowest BCUT2D eigenvalue weighted by Gasteiger charge is -2.38. The number of piperazine rings is 1. The molecule has 2 fully saturated rings. The maximum Gasteiger partial charge on any atom is 0.270 e. The highest BCUT2D eigenvalue weighted by Crippen LogP contribution is 2.36. The van der Waals surface area contributed by atoms with Gasteiger partial charge in [0.05, 0.1) is 10.6 Å². The Labute approximate surface area is 270 Å². The van der Waals surface area contributed by atoms with E-state index in [1.54, 1.807) is 37.1 Å². The lowest BCUT2D eigenvalue weighted by atomic mass is 10.0. The molecule has 7 nitrogen and oxygen atoms in total. The molecule has 0 atom stereocenters. The molecule has 0 saturated carbocycles. The summed E-state index contributed by atoms with van der Waals surface area (Å²) in [4.78, 5) is 33.0. The number of thioether (sulfide) groups is 1. The SMILES string of the molecule is CCCCCCCCCCCCN1C(=O)C(=Cc2c(C)c(C#N)c(=O)n(C)c2N2CCN(c3ccccc3F)CC2)SC1=S. The first-order valence-electron chi connectivity index (χ1n) is 15.9. The highest BCUT2D eigenvalue weighted by Gasteiger charge is 2.33. The highest BCUT2D eigenvalue weighted by molar-refractivity contribution is 8.26. The zero-order chi connectivity index (χ0) is 31.6. The standard InChI is InChI=1S/C34H44FN5O2S2/c1-4-5-6-7-8-9-10-11-12-15-18-40-33(42)30(44-34(40)43)23-26-25(2)27(24-36)32(41)37(3)31(26)39-21-19-38(20-22-39)29-17-14-13-16-28(29)35/h13-14,16-17,23H,4-12,15,18-22H2,1-3H3. The number of pyridine rings is 1. The summed E-state index contributed by atoms with van der Waals surface area (Å²) in [6, 6.07) is 8.80. The molecule has 2 aliphatic heterocycles. The summed E-state index contributed by atoms with van der Waals surface area (Å²) in [5, 5.41) is 9.82. The number of hydrogen-bond donors (Lipinski definition) is 0. The number of carbonyl (C=O) groups excluding carboxylic acids is 1. The molecule has 4 rings (SSSR count). The summed E-state index contributed by atoms with van der Waals surface area (Å²) in [6.45, 7) is 6.82. The third-order valence-electron chi connectivity index (χ3n) is 8.62. The number of unbranched alkanes of at least 4 members (excludes halogenated alkanes) is 9. The first kappa shape index (κ1) is 33.7. The maximum absolute atomic E-state index is 14.4. The van der Waals surface area contributed by atoms with Crippen LogP contribution in [0.1, 0.15) is 87.8 Å². The van der Waals surface area contributed by atoms with Crippen molar-refractivity contribution in [1.82, 2.24) is 9.47 Å². The van der Waals surface area contributed by atoms with E-state index in [9.17, 15) is 19.2 Å². The number of rotatable bonds is 14. The molecule has 0 bridgehead atoms. The molecule has 0 aliphatic carbocycles. The van der Waals surface area contributed by atoms with Crippen LogP contribution in [0.15, 0.2) is 34.0 Å². The van der Waals surface area contributed by atoms with Gasteiger partial charge in [0, 0.05) is 45.3 Å². The summed E-state index contributed by atoms with van der Waals surface area (Å²) in [7, 11) is 1.66. The predicted molar refractivity (Wildman–Crippen MR) is 184 cm³/mol. The van der Waals surface area contributed by atoms with E-state index in [1.807, 2.05) is 11.0 Å². The van der Waals surface area contributed by atoms with Crippen LogP contribution in [0.5, 0.6) is 0 Å². The number of thiocarbonyl (C=S) groups is 1. The third-order valence-corrected chi connectivity index (χ3v) is 10.0. The minimum Gasteiger partial charge on any atom is -0.366 e. The quantitative estimate of drug-likeness (QED) is 0.124. The fraction of sp³-hybridized carbons (Fsp3) is 0.529. The first-order chi connectivity index (χ1) is 21.3. The van der Waals surface area contributed by atoms with Crippen LogP contribution >= 0.6 is 24.0 Å². The third kappa shape index (κ3) is 7.91. The van der Waals surface area contributed by atoms with Gasteiger partial charge in [0.1, 0.15) is 27.6 Å². The Morgan fingerprint density at radius 2 is 1.55 bits per heavy atom. The minimum atomic E-state index is -0.373. The number of benzene rings is 1. The van der Waals surface area contributed by atoms with E-state index >= 15 is 0 Å². The number of nitriles is 1. The van der Waals surface area contributed by atoms with Gasteiger partial charge in [-0.05, 0) is 37.1 Å². The Morgan fingerprint density at radius 1 is 0.955 bits per heavy atom. The molecule has 236 valence electrons. The van der Waals surface area contributed by atoms with E-state index in [-0.39, 0.29) is 22.8 Å². The Kier molecular flexibility index (Phi) is 12.4. The van der Waals surface area contributed by atoms with Crippen molar-refractivity contribution in [3.05, 3.63) is 62.0 Å². The Balaban J connectivity index is 1.46. The second-order valence-corrected chi connectivity index (χ2v) is 13.3. The lowest BCUT2D eigenvalue weighted by Crippen LogP contribution is -2.48. The topological polar surface area (TPSA) is 72.6 Å². The summed E-state index contributed by atoms with van der Waals surface area (Å²) in [5.41, 5.74) is 1.46. The molecule has 1 amide bonds. The molecule has 3 heterocycles. The van der Waals surface area contributed by atoms with E-state index in [4.69, 9.17) is 12.2 Å². The molecule has 2 aromatic rings. The van der Waals surface area contributed by atoms with Crippen molar-refractivity contribution in [2.75, 3.05) is 42.5 Å². The molecular weight excluding hydrogens is 594 g/mol. The summed E-state index contributed by atoms with van der Waals surface area (Å²) < 4.78 is 16.5. The predicted octanol–water partition coefficient (Wildman–Crippen LogP) is 7.15. The molecule has 0 radical (unpaired) electrons. The average Bonchev–Trinajstić information content (AvgIpc) is 3.29. The Bertz CT molecular complexity index is 1470. The molecule has 2 saturated heterocycles. The number of nitrogens with zero attached hydrogens (tertiary/aromatic N) is 5. The van der Waals surface area contributed by atoms with Gasteiger partial charge in [-0.2, -0.15) is 5.26 Å². The fourth-order valence-corrected chi connectivity index (χ4v) is 7.33. The molecule has 1 aromatic carbocycles. The second-order valence-electron chi connectivity index (χ2n) is 11.7. The van der Waals surface area contributed by atoms with Gasteiger partial charge in [-0.1, -0.05) is 101 Å². The second kappa shape index (κ2) is 16.2. The van der Waals surface area contributed by atoms with Crippen molar-refractivity contribution in [2.24, 2.45) is 7.05 Å². The molecule has 44 heavy (non-hydrogen) atoms. The van der Waals surface area contributed by atoms with Crippen LogP contribution in [0.4, 0.5) is 15.9 Å². The molecular formula is C34H44FN5O2S2. The van der Waals surface area contributed by atoms with Gasteiger partial charge in [-0.15, -0.1) is 0 Å². The molecule has 10 heteroatoms. The van der Waals surface area contributed by atoms with Crippen LogP contribution in [-0.2, 0) is 11.8 Å². The van der Waals surface area contributed by atoms with Gasteiger partial charge in [-0.25, -0.2) is 4.39 Å². The van der Waals surface area contributed by atoms with E-state index in [0.29, 0.717) is 64.6 Å². The molecule has 0 unspecified atom stereocenters. The molecule has 1 aromatic heterocycles. The Hall–Kier alpha value is -3.16. The number of carbonyl (C=O) groups is 1. The van der Waals surface area contributed by atoms with Crippen LogP contribution in [0, 0.1) is 24.1 Å². The van der Waals surface area contributed by atoms with Gasteiger partial charge >= 0.3 is 0 Å². The van der Waals surface area contributed by atoms with Crippen LogP contribution in [0.2, 0.25) is 0 Å². The van der Waals surface area contributed by atoms with Crippen LogP contribution in [0.3, 0.4) is 0 Å². The normalized spacial score (nSPS) is 16.3. The van der Waals surface area contributed by atoms with Gasteiger partial charge in [0.15, 0.2) is 0 Å². The number of hydrogen-bond acceptors (Lipinski definition) is 7. The molecule has 0 spiro atoms. The van der Waals surface area contributed by atoms with Crippen LogP contribution < -0.4 is 15.4 Å². The van der Waals surface area contributed by atoms with Crippen molar-refractivity contribution in [3.63, 3.8) is 0 Å². The molecule has 0 N–H and O–H groups in total. The fourth-order valence-electron chi connectivity index (χ4n) is 6.04. The Morgan fingerprint density at radius 3 is 2.16 bits per heavy atom. The lowest BCUT2D eigenvalue weighted by molar-refractivity contribution is -0.122. The van der Waals surface area contributed by atoms with Crippen molar-refractivity contribution in [1.29, 1.82) is 5.26 Å². The van der Waals surface area contributed by atoms with Crippen molar-refractivity contribution < 1.29 is 9.18 Å². The average molecular weight is 638 g/mol. The summed E-state index contributed by atoms with van der Waals surface area (Å²) in [5.74, 6) is 0.265. The number of aromatic nitrogens is 1. The monoisotopic (exact) mass is 637 g/mol. The smallest absolute Gasteiger partial charge is 0.270 e. The van der Waals surface area contributed by atoms with Crippen molar-refractivity contribution in [3.8, 4) is 6.07 Å². The van der Waals surface area contributed by atoms with Gasteiger partial charge in [0.25, 0.3) is 11.5 Å². The molecule has 2 aliphatic rings. The van der Waals surface area contributed by atoms with E-state index in [2.05, 4.69) is 17.9 Å². The maximum atomic E-state index is 14.4. The van der Waals surface area contributed by atoms with Crippen molar-refractivity contribution in [2.45, 2.75) is 78.1 Å². The highest BCUT2D eigenvalue weighted by atomic mass is 32.2. The number of amides is 1. The van der Waals surface area contributed by atoms with Crippen LogP contribution in [-0.4, -0.2) is 52.4 Å². The van der Waals surface area contributed by atoms with Gasteiger partial charge in [-0.3, -0.25) is 19.1 Å². The first-order valence-corrected chi connectivity index (χ1v) is 17.1. The van der Waals surface area contributed by atoms with Gasteiger partial charge in [0.2, 0.25) is 0 Å². The number of halogens is 1. The minimum absolute atomic E-state index is 0.0633.